The van der Waals surface area contributed by atoms with E-state index in [0.717, 1.165) is 16.5 Å². The van der Waals surface area contributed by atoms with Crippen LogP contribution in [0.5, 0.6) is 0 Å². The number of nitrogens with one attached hydrogen (secondary N) is 5. The molecule has 42 heavy (non-hydrogen) atoms. The number of aromatic amines is 1. The van der Waals surface area contributed by atoms with E-state index in [1.807, 2.05) is 44.4 Å². The Morgan fingerprint density at radius 2 is 1.50 bits per heavy atom. The summed E-state index contributed by atoms with van der Waals surface area (Å²) in [5, 5.41) is 20.4. The van der Waals surface area contributed by atoms with Crippen molar-refractivity contribution in [3.05, 3.63) is 36.0 Å². The molecule has 1 aromatic carbocycles. The summed E-state index contributed by atoms with van der Waals surface area (Å²) in [4.78, 5) is 78.1. The molecule has 0 aliphatic carbocycles. The Balaban J connectivity index is 2.24. The lowest BCUT2D eigenvalue weighted by Crippen LogP contribution is -2.58. The molecule has 0 unspecified atom stereocenters. The Labute approximate surface area is 248 Å². The number of H-pyrrole nitrogens is 1. The van der Waals surface area contributed by atoms with Crippen molar-refractivity contribution in [1.29, 1.82) is 0 Å². The summed E-state index contributed by atoms with van der Waals surface area (Å²) in [6.07, 6.45) is 3.33. The third-order valence-electron chi connectivity index (χ3n) is 6.42. The zero-order valence-electron chi connectivity index (χ0n) is 24.2. The molecule has 0 saturated heterocycles. The quantitative estimate of drug-likeness (QED) is 0.134. The molecule has 0 bridgehead atoms. The van der Waals surface area contributed by atoms with Crippen LogP contribution < -0.4 is 27.0 Å². The van der Waals surface area contributed by atoms with Gasteiger partial charge in [-0.1, -0.05) is 32.0 Å². The number of amides is 5. The molecule has 1 aromatic heterocycles. The van der Waals surface area contributed by atoms with Gasteiger partial charge in [0.25, 0.3) is 0 Å². The van der Waals surface area contributed by atoms with Gasteiger partial charge in [-0.15, -0.1) is 0 Å². The van der Waals surface area contributed by atoms with E-state index in [2.05, 4.69) is 26.3 Å². The van der Waals surface area contributed by atoms with Crippen LogP contribution in [0.15, 0.2) is 30.5 Å². The molecule has 230 valence electrons. The van der Waals surface area contributed by atoms with Crippen LogP contribution in [-0.4, -0.2) is 81.8 Å². The Morgan fingerprint density at radius 1 is 0.905 bits per heavy atom. The van der Waals surface area contributed by atoms with Crippen molar-refractivity contribution >= 4 is 58.2 Å². The number of carboxylic acids is 1. The standard InChI is InChI=1S/C28H40N6O7S/c1-15(2)11-21(25(29)38)33-28(41)23(13-24(36)37)34-26(39)20(9-10-42-4)32-27(40)22(31-16(3)35)12-17-14-30-19-8-6-5-7-18(17)19/h5-8,14-15,20-23,30H,9-13H2,1-4H3,(H2,29,38)(H,31,35)(H,32,40)(H,33,41)(H,34,39)(H,36,37)/t20-,21-,22-,23-/m0/s1. The molecule has 0 aliphatic heterocycles. The van der Waals surface area contributed by atoms with Crippen molar-refractivity contribution in [2.75, 3.05) is 12.0 Å². The van der Waals surface area contributed by atoms with Crippen molar-refractivity contribution in [2.45, 2.75) is 70.6 Å². The predicted molar refractivity (Wildman–Crippen MR) is 159 cm³/mol. The first-order chi connectivity index (χ1) is 19.8. The normalized spacial score (nSPS) is 13.9. The molecule has 0 radical (unpaired) electrons. The predicted octanol–water partition coefficient (Wildman–Crippen LogP) is 0.429. The van der Waals surface area contributed by atoms with E-state index in [9.17, 15) is 33.9 Å². The minimum Gasteiger partial charge on any atom is -0.481 e. The first-order valence-electron chi connectivity index (χ1n) is 13.6. The molecule has 2 rings (SSSR count). The number of carbonyl (C=O) groups excluding carboxylic acids is 5. The third kappa shape index (κ3) is 10.7. The third-order valence-corrected chi connectivity index (χ3v) is 7.06. The molecular formula is C28H40N6O7S. The largest absolute Gasteiger partial charge is 0.481 e. The van der Waals surface area contributed by atoms with Crippen LogP contribution in [0.1, 0.15) is 45.6 Å². The van der Waals surface area contributed by atoms with Gasteiger partial charge in [-0.3, -0.25) is 28.8 Å². The maximum atomic E-state index is 13.4. The summed E-state index contributed by atoms with van der Waals surface area (Å²) in [5.74, 6) is -4.43. The second-order valence-corrected chi connectivity index (χ2v) is 11.4. The van der Waals surface area contributed by atoms with Gasteiger partial charge in [-0.25, -0.2) is 0 Å². The number of primary amides is 1. The number of benzene rings is 1. The Hall–Kier alpha value is -4.07. The van der Waals surface area contributed by atoms with E-state index >= 15 is 0 Å². The first-order valence-corrected chi connectivity index (χ1v) is 14.9. The molecule has 8 N–H and O–H groups in total. The number of para-hydroxylation sites is 1. The number of thioether (sulfide) groups is 1. The first kappa shape index (κ1) is 34.1. The molecule has 0 saturated carbocycles. The van der Waals surface area contributed by atoms with Crippen LogP contribution in [0, 0.1) is 5.92 Å². The molecule has 0 fully saturated rings. The summed E-state index contributed by atoms with van der Waals surface area (Å²) in [6.45, 7) is 4.93. The second-order valence-electron chi connectivity index (χ2n) is 10.4. The maximum absolute atomic E-state index is 13.4. The molecule has 2 aromatic rings. The summed E-state index contributed by atoms with van der Waals surface area (Å²) < 4.78 is 0. The highest BCUT2D eigenvalue weighted by Crippen LogP contribution is 2.19. The Kier molecular flexibility index (Phi) is 13.3. The molecular weight excluding hydrogens is 564 g/mol. The van der Waals surface area contributed by atoms with E-state index in [4.69, 9.17) is 5.73 Å². The van der Waals surface area contributed by atoms with Gasteiger partial charge in [0.2, 0.25) is 29.5 Å². The highest BCUT2D eigenvalue weighted by molar-refractivity contribution is 7.98. The van der Waals surface area contributed by atoms with Gasteiger partial charge in [-0.05, 0) is 42.4 Å². The van der Waals surface area contributed by atoms with Crippen LogP contribution in [0.4, 0.5) is 0 Å². The average molecular weight is 605 g/mol. The number of hydrogen-bond acceptors (Lipinski definition) is 7. The van der Waals surface area contributed by atoms with Crippen LogP contribution in [-0.2, 0) is 35.2 Å². The van der Waals surface area contributed by atoms with E-state index in [1.54, 1.807) is 6.20 Å². The van der Waals surface area contributed by atoms with Gasteiger partial charge in [0.05, 0.1) is 6.42 Å². The molecule has 0 aliphatic rings. The van der Waals surface area contributed by atoms with E-state index < -0.39 is 66.1 Å². The second kappa shape index (κ2) is 16.4. The topological polar surface area (TPSA) is 213 Å². The van der Waals surface area contributed by atoms with Crippen molar-refractivity contribution in [3.63, 3.8) is 0 Å². The number of aromatic nitrogens is 1. The monoisotopic (exact) mass is 604 g/mol. The van der Waals surface area contributed by atoms with Crippen LogP contribution in [0.3, 0.4) is 0 Å². The van der Waals surface area contributed by atoms with Crippen molar-refractivity contribution < 1.29 is 33.9 Å². The SMILES string of the molecule is CSCC[C@H](NC(=O)[C@H](Cc1c[nH]c2ccccc12)NC(C)=O)C(=O)N[C@@H](CC(=O)O)C(=O)N[C@@H](CC(C)C)C(N)=O. The van der Waals surface area contributed by atoms with Crippen LogP contribution in [0.2, 0.25) is 0 Å². The van der Waals surface area contributed by atoms with Gasteiger partial charge in [0.15, 0.2) is 0 Å². The number of nitrogens with two attached hydrogens (primary N) is 1. The number of hydrogen-bond donors (Lipinski definition) is 7. The molecule has 0 spiro atoms. The van der Waals surface area contributed by atoms with Gasteiger partial charge >= 0.3 is 5.97 Å². The zero-order valence-corrected chi connectivity index (χ0v) is 25.0. The smallest absolute Gasteiger partial charge is 0.305 e. The van der Waals surface area contributed by atoms with Gasteiger partial charge in [0.1, 0.15) is 24.2 Å². The number of carboxylic acid groups (broad SMARTS) is 1. The molecule has 13 nitrogen and oxygen atoms in total. The minimum absolute atomic E-state index is 0.00210. The lowest BCUT2D eigenvalue weighted by Gasteiger charge is -2.26. The number of fused-ring (bicyclic) bond motifs is 1. The van der Waals surface area contributed by atoms with Gasteiger partial charge < -0.3 is 37.1 Å². The zero-order chi connectivity index (χ0) is 31.4. The average Bonchev–Trinajstić information content (AvgIpc) is 3.31. The summed E-state index contributed by atoms with van der Waals surface area (Å²) in [7, 11) is 0. The van der Waals surface area contributed by atoms with Crippen molar-refractivity contribution in [3.8, 4) is 0 Å². The maximum Gasteiger partial charge on any atom is 0.305 e. The fraction of sp³-hybridized carbons (Fsp3) is 0.500. The van der Waals surface area contributed by atoms with Crippen LogP contribution >= 0.6 is 11.8 Å². The van der Waals surface area contributed by atoms with Crippen LogP contribution in [0.25, 0.3) is 10.9 Å². The highest BCUT2D eigenvalue weighted by atomic mass is 32.2. The lowest BCUT2D eigenvalue weighted by atomic mass is 10.0. The van der Waals surface area contributed by atoms with Crippen molar-refractivity contribution in [1.82, 2.24) is 26.3 Å². The summed E-state index contributed by atoms with van der Waals surface area (Å²) in [6, 6.07) is 2.74. The number of carbonyl (C=O) groups is 6. The molecule has 1 heterocycles. The fourth-order valence-electron chi connectivity index (χ4n) is 4.40. The molecule has 5 amide bonds. The molecule has 4 atom stereocenters. The van der Waals surface area contributed by atoms with Gasteiger partial charge in [-0.2, -0.15) is 11.8 Å². The fourth-order valence-corrected chi connectivity index (χ4v) is 4.87. The van der Waals surface area contributed by atoms with E-state index in [-0.39, 0.29) is 25.2 Å². The summed E-state index contributed by atoms with van der Waals surface area (Å²) >= 11 is 1.42. The van der Waals surface area contributed by atoms with Gasteiger partial charge in [0, 0.05) is 30.4 Å². The van der Waals surface area contributed by atoms with Crippen molar-refractivity contribution in [2.24, 2.45) is 11.7 Å². The lowest BCUT2D eigenvalue weighted by molar-refractivity contribution is -0.141. The Bertz CT molecular complexity index is 1280. The highest BCUT2D eigenvalue weighted by Gasteiger charge is 2.32. The Morgan fingerprint density at radius 3 is 2.10 bits per heavy atom. The number of rotatable bonds is 17. The minimum atomic E-state index is -1.53. The number of aliphatic carboxylic acids is 1. The van der Waals surface area contributed by atoms with E-state index in [0.29, 0.717) is 5.75 Å². The summed E-state index contributed by atoms with van der Waals surface area (Å²) in [5.41, 5.74) is 7.04. The molecule has 14 heteroatoms. The van der Waals surface area contributed by atoms with E-state index in [1.165, 1.54) is 18.7 Å².